The minimum absolute atomic E-state index is 0.400. The fourth-order valence-electron chi connectivity index (χ4n) is 1.96. The van der Waals surface area contributed by atoms with Crippen molar-refractivity contribution in [1.82, 2.24) is 14.9 Å². The van der Waals surface area contributed by atoms with E-state index in [0.29, 0.717) is 18.2 Å². The summed E-state index contributed by atoms with van der Waals surface area (Å²) in [4.78, 5) is 12.7. The molecule has 6 heteroatoms. The van der Waals surface area contributed by atoms with Crippen LogP contribution in [0.4, 0.5) is 5.95 Å². The monoisotopic (exact) mass is 242 g/mol. The van der Waals surface area contributed by atoms with Gasteiger partial charge < -0.3 is 4.90 Å². The van der Waals surface area contributed by atoms with Crippen molar-refractivity contribution in [3.05, 3.63) is 17.5 Å². The minimum atomic E-state index is 0.400. The van der Waals surface area contributed by atoms with Crippen LogP contribution in [-0.2, 0) is 0 Å². The van der Waals surface area contributed by atoms with E-state index in [1.807, 2.05) is 13.0 Å². The van der Waals surface area contributed by atoms with Crippen molar-refractivity contribution < 1.29 is 0 Å². The Morgan fingerprint density at radius 2 is 1.94 bits per heavy atom. The Hall–Kier alpha value is -2.18. The van der Waals surface area contributed by atoms with Crippen molar-refractivity contribution in [1.29, 1.82) is 10.5 Å². The first-order chi connectivity index (χ1) is 8.72. The lowest BCUT2D eigenvalue weighted by atomic mass is 10.3. The maximum atomic E-state index is 8.89. The molecule has 0 amide bonds. The summed E-state index contributed by atoms with van der Waals surface area (Å²) in [6.07, 6.45) is 0. The van der Waals surface area contributed by atoms with E-state index in [4.69, 9.17) is 10.5 Å². The molecule has 1 aliphatic rings. The maximum absolute atomic E-state index is 8.89. The Bertz CT molecular complexity index is 504. The Morgan fingerprint density at radius 1 is 1.22 bits per heavy atom. The highest BCUT2D eigenvalue weighted by Crippen LogP contribution is 2.12. The predicted molar refractivity (Wildman–Crippen MR) is 65.8 cm³/mol. The molecule has 0 N–H and O–H groups in total. The van der Waals surface area contributed by atoms with Crippen LogP contribution >= 0.6 is 0 Å². The summed E-state index contributed by atoms with van der Waals surface area (Å²) in [6, 6.07) is 5.87. The Labute approximate surface area is 106 Å². The SMILES string of the molecule is Cc1cc(C#N)nc(N2CCN(CC#N)CC2)n1. The molecule has 0 aliphatic carbocycles. The largest absolute Gasteiger partial charge is 0.338 e. The molecule has 0 radical (unpaired) electrons. The fourth-order valence-corrected chi connectivity index (χ4v) is 1.96. The van der Waals surface area contributed by atoms with Gasteiger partial charge in [-0.05, 0) is 13.0 Å². The zero-order valence-electron chi connectivity index (χ0n) is 10.3. The lowest BCUT2D eigenvalue weighted by Crippen LogP contribution is -2.47. The molecule has 1 aliphatic heterocycles. The van der Waals surface area contributed by atoms with Crippen LogP contribution in [0.3, 0.4) is 0 Å². The topological polar surface area (TPSA) is 79.8 Å². The summed E-state index contributed by atoms with van der Waals surface area (Å²) in [7, 11) is 0. The first-order valence-electron chi connectivity index (χ1n) is 5.83. The molecule has 6 nitrogen and oxygen atoms in total. The average molecular weight is 242 g/mol. The Kier molecular flexibility index (Phi) is 3.71. The third-order valence-electron chi connectivity index (χ3n) is 2.91. The summed E-state index contributed by atoms with van der Waals surface area (Å²) in [5, 5.41) is 17.5. The van der Waals surface area contributed by atoms with Crippen molar-refractivity contribution in [2.24, 2.45) is 0 Å². The summed E-state index contributed by atoms with van der Waals surface area (Å²) >= 11 is 0. The van der Waals surface area contributed by atoms with E-state index in [0.717, 1.165) is 31.9 Å². The number of aryl methyl sites for hydroxylation is 1. The van der Waals surface area contributed by atoms with Gasteiger partial charge in [-0.1, -0.05) is 0 Å². The van der Waals surface area contributed by atoms with Gasteiger partial charge in [0.05, 0.1) is 12.6 Å². The first kappa shape index (κ1) is 12.3. The van der Waals surface area contributed by atoms with E-state index < -0.39 is 0 Å². The molecule has 0 unspecified atom stereocenters. The number of aromatic nitrogens is 2. The zero-order chi connectivity index (χ0) is 13.0. The molecule has 0 atom stereocenters. The molecule has 2 heterocycles. The predicted octanol–water partition coefficient (Wildman–Crippen LogP) is 0.302. The van der Waals surface area contributed by atoms with Crippen LogP contribution in [0.2, 0.25) is 0 Å². The van der Waals surface area contributed by atoms with Crippen LogP contribution in [0.1, 0.15) is 11.4 Å². The second-order valence-corrected chi connectivity index (χ2v) is 4.23. The second kappa shape index (κ2) is 5.44. The standard InChI is InChI=1S/C12H14N6/c1-10-8-11(9-14)16-12(15-10)18-6-4-17(3-2-13)5-7-18/h8H,3-7H2,1H3. The molecule has 1 aromatic rings. The molecule has 18 heavy (non-hydrogen) atoms. The van der Waals surface area contributed by atoms with Gasteiger partial charge in [0.25, 0.3) is 0 Å². The van der Waals surface area contributed by atoms with Gasteiger partial charge in [-0.15, -0.1) is 0 Å². The zero-order valence-corrected chi connectivity index (χ0v) is 10.3. The van der Waals surface area contributed by atoms with Crippen LogP contribution in [0.25, 0.3) is 0 Å². The van der Waals surface area contributed by atoms with E-state index in [1.54, 1.807) is 6.07 Å². The summed E-state index contributed by atoms with van der Waals surface area (Å²) in [5.41, 5.74) is 1.20. The molecule has 2 rings (SSSR count). The van der Waals surface area contributed by atoms with Crippen molar-refractivity contribution in [2.45, 2.75) is 6.92 Å². The highest BCUT2D eigenvalue weighted by Gasteiger charge is 2.19. The van der Waals surface area contributed by atoms with Gasteiger partial charge in [-0.2, -0.15) is 10.5 Å². The van der Waals surface area contributed by atoms with Crippen molar-refractivity contribution in [3.63, 3.8) is 0 Å². The van der Waals surface area contributed by atoms with Gasteiger partial charge in [0.15, 0.2) is 0 Å². The van der Waals surface area contributed by atoms with Gasteiger partial charge in [0.2, 0.25) is 5.95 Å². The summed E-state index contributed by atoms with van der Waals surface area (Å²) in [6.45, 7) is 5.55. The molecule has 0 bridgehead atoms. The number of anilines is 1. The third kappa shape index (κ3) is 2.73. The first-order valence-corrected chi connectivity index (χ1v) is 5.83. The highest BCUT2D eigenvalue weighted by molar-refractivity contribution is 5.36. The van der Waals surface area contributed by atoms with E-state index in [1.165, 1.54) is 0 Å². The lowest BCUT2D eigenvalue weighted by molar-refractivity contribution is 0.285. The molecule has 1 aromatic heterocycles. The third-order valence-corrected chi connectivity index (χ3v) is 2.91. The van der Waals surface area contributed by atoms with Gasteiger partial charge in [-0.3, -0.25) is 4.90 Å². The smallest absolute Gasteiger partial charge is 0.226 e. The van der Waals surface area contributed by atoms with E-state index in [2.05, 4.69) is 25.8 Å². The molecular formula is C12H14N6. The Balaban J connectivity index is 2.08. The van der Waals surface area contributed by atoms with Crippen molar-refractivity contribution in [3.8, 4) is 12.1 Å². The summed E-state index contributed by atoms with van der Waals surface area (Å²) < 4.78 is 0. The number of piperazine rings is 1. The van der Waals surface area contributed by atoms with Gasteiger partial charge in [-0.25, -0.2) is 9.97 Å². The van der Waals surface area contributed by atoms with Crippen molar-refractivity contribution >= 4 is 5.95 Å². The van der Waals surface area contributed by atoms with Crippen molar-refractivity contribution in [2.75, 3.05) is 37.6 Å². The van der Waals surface area contributed by atoms with Crippen LogP contribution in [0.15, 0.2) is 6.07 Å². The van der Waals surface area contributed by atoms with Gasteiger partial charge in [0.1, 0.15) is 11.8 Å². The van der Waals surface area contributed by atoms with E-state index >= 15 is 0 Å². The molecule has 92 valence electrons. The lowest BCUT2D eigenvalue weighted by Gasteiger charge is -2.33. The molecule has 0 aromatic carbocycles. The van der Waals surface area contributed by atoms with E-state index in [9.17, 15) is 0 Å². The fraction of sp³-hybridized carbons (Fsp3) is 0.500. The van der Waals surface area contributed by atoms with Crippen LogP contribution in [-0.4, -0.2) is 47.6 Å². The van der Waals surface area contributed by atoms with Crippen LogP contribution < -0.4 is 4.90 Å². The molecular weight excluding hydrogens is 228 g/mol. The van der Waals surface area contributed by atoms with Gasteiger partial charge >= 0.3 is 0 Å². The molecule has 0 spiro atoms. The number of nitriles is 2. The number of nitrogens with zero attached hydrogens (tertiary/aromatic N) is 6. The number of hydrogen-bond donors (Lipinski definition) is 0. The molecule has 0 saturated carbocycles. The normalized spacial score (nSPS) is 16.1. The number of hydrogen-bond acceptors (Lipinski definition) is 6. The Morgan fingerprint density at radius 3 is 2.56 bits per heavy atom. The van der Waals surface area contributed by atoms with Crippen LogP contribution in [0.5, 0.6) is 0 Å². The number of rotatable bonds is 2. The molecule has 1 saturated heterocycles. The van der Waals surface area contributed by atoms with E-state index in [-0.39, 0.29) is 0 Å². The molecule has 1 fully saturated rings. The minimum Gasteiger partial charge on any atom is -0.338 e. The maximum Gasteiger partial charge on any atom is 0.226 e. The quantitative estimate of drug-likeness (QED) is 0.694. The van der Waals surface area contributed by atoms with Crippen LogP contribution in [0, 0.1) is 29.6 Å². The second-order valence-electron chi connectivity index (χ2n) is 4.23. The highest BCUT2D eigenvalue weighted by atomic mass is 15.3. The van der Waals surface area contributed by atoms with Gasteiger partial charge in [0, 0.05) is 31.9 Å². The average Bonchev–Trinajstić information content (AvgIpc) is 2.39. The summed E-state index contributed by atoms with van der Waals surface area (Å²) in [5.74, 6) is 0.614.